The molecule has 3 aromatic carbocycles. The van der Waals surface area contributed by atoms with E-state index in [0.717, 1.165) is 16.9 Å². The van der Waals surface area contributed by atoms with Gasteiger partial charge in [-0.2, -0.15) is 0 Å². The van der Waals surface area contributed by atoms with Crippen molar-refractivity contribution in [2.45, 2.75) is 45.7 Å². The number of nitrogens with zero attached hydrogens (tertiary/aromatic N) is 2. The van der Waals surface area contributed by atoms with Crippen LogP contribution in [-0.4, -0.2) is 35.5 Å². The zero-order valence-corrected chi connectivity index (χ0v) is 22.4. The monoisotopic (exact) mass is 534 g/mol. The Morgan fingerprint density at radius 1 is 1.05 bits per heavy atom. The Morgan fingerprint density at radius 3 is 2.34 bits per heavy atom. The average molecular weight is 535 g/mol. The van der Waals surface area contributed by atoms with Crippen LogP contribution in [0.15, 0.2) is 72.8 Å². The van der Waals surface area contributed by atoms with E-state index in [4.69, 9.17) is 21.4 Å². The van der Waals surface area contributed by atoms with Crippen molar-refractivity contribution in [1.29, 1.82) is 0 Å². The molecular formula is C30H31ClN2O5. The number of anilines is 2. The van der Waals surface area contributed by atoms with Gasteiger partial charge < -0.3 is 19.6 Å². The third-order valence-electron chi connectivity index (χ3n) is 6.88. The molecule has 0 saturated carbocycles. The SMILES string of the molecule is CC(=O)N(c1ccc(Cl)cc1)C1CC(C)N(C(=O)c2ccc(OCC[C@H](C)C(=O)O)cc2)c2ccccc21. The fraction of sp³-hybridized carbons (Fsp3) is 0.300. The molecule has 1 aliphatic rings. The van der Waals surface area contributed by atoms with Gasteiger partial charge in [0.25, 0.3) is 5.91 Å². The van der Waals surface area contributed by atoms with Crippen molar-refractivity contribution in [1.82, 2.24) is 0 Å². The highest BCUT2D eigenvalue weighted by Crippen LogP contribution is 2.43. The first-order valence-electron chi connectivity index (χ1n) is 12.6. The molecule has 0 aliphatic carbocycles. The minimum Gasteiger partial charge on any atom is -0.494 e. The molecule has 1 heterocycles. The van der Waals surface area contributed by atoms with Crippen LogP contribution in [-0.2, 0) is 9.59 Å². The molecule has 0 saturated heterocycles. The first kappa shape index (κ1) is 27.2. The van der Waals surface area contributed by atoms with Crippen LogP contribution in [0.25, 0.3) is 0 Å². The van der Waals surface area contributed by atoms with E-state index in [0.29, 0.717) is 29.2 Å². The van der Waals surface area contributed by atoms with E-state index in [-0.39, 0.29) is 30.5 Å². The molecule has 7 nitrogen and oxygen atoms in total. The van der Waals surface area contributed by atoms with Crippen molar-refractivity contribution in [3.05, 3.63) is 88.9 Å². The summed E-state index contributed by atoms with van der Waals surface area (Å²) < 4.78 is 5.66. The summed E-state index contributed by atoms with van der Waals surface area (Å²) in [6.07, 6.45) is 0.959. The van der Waals surface area contributed by atoms with Crippen LogP contribution < -0.4 is 14.5 Å². The van der Waals surface area contributed by atoms with Crippen LogP contribution in [0, 0.1) is 5.92 Å². The van der Waals surface area contributed by atoms with Gasteiger partial charge in [-0.15, -0.1) is 0 Å². The highest BCUT2D eigenvalue weighted by molar-refractivity contribution is 6.30. The van der Waals surface area contributed by atoms with E-state index in [1.54, 1.807) is 60.0 Å². The molecule has 0 radical (unpaired) electrons. The summed E-state index contributed by atoms with van der Waals surface area (Å²) in [6.45, 7) is 5.45. The number of ether oxygens (including phenoxy) is 1. The first-order valence-corrected chi connectivity index (χ1v) is 13.0. The summed E-state index contributed by atoms with van der Waals surface area (Å²) in [6, 6.07) is 21.3. The summed E-state index contributed by atoms with van der Waals surface area (Å²) in [5.41, 5.74) is 2.93. The lowest BCUT2D eigenvalue weighted by atomic mass is 9.89. The number of carbonyl (C=O) groups is 3. The molecule has 38 heavy (non-hydrogen) atoms. The van der Waals surface area contributed by atoms with Gasteiger partial charge in [-0.1, -0.05) is 36.7 Å². The highest BCUT2D eigenvalue weighted by Gasteiger charge is 2.38. The minimum absolute atomic E-state index is 0.0903. The second-order valence-corrected chi connectivity index (χ2v) is 10.0. The molecule has 0 bridgehead atoms. The van der Waals surface area contributed by atoms with Gasteiger partial charge in [-0.3, -0.25) is 14.4 Å². The predicted molar refractivity (Wildman–Crippen MR) is 148 cm³/mol. The minimum atomic E-state index is -0.854. The number of carbonyl (C=O) groups excluding carboxylic acids is 2. The van der Waals surface area contributed by atoms with Gasteiger partial charge in [0.2, 0.25) is 5.91 Å². The number of rotatable bonds is 8. The molecule has 2 amide bonds. The Hall–Kier alpha value is -3.84. The number of hydrogen-bond donors (Lipinski definition) is 1. The lowest BCUT2D eigenvalue weighted by molar-refractivity contribution is -0.141. The van der Waals surface area contributed by atoms with Crippen molar-refractivity contribution >= 4 is 40.8 Å². The maximum atomic E-state index is 13.7. The number of carboxylic acids is 1. The second kappa shape index (κ2) is 11.7. The number of amides is 2. The topological polar surface area (TPSA) is 87.2 Å². The van der Waals surface area contributed by atoms with E-state index in [2.05, 4.69) is 0 Å². The Kier molecular flexibility index (Phi) is 8.37. The van der Waals surface area contributed by atoms with Crippen LogP contribution >= 0.6 is 11.6 Å². The van der Waals surface area contributed by atoms with E-state index in [1.165, 1.54) is 0 Å². The predicted octanol–water partition coefficient (Wildman–Crippen LogP) is 6.36. The van der Waals surface area contributed by atoms with Crippen LogP contribution in [0.4, 0.5) is 11.4 Å². The zero-order chi connectivity index (χ0) is 27.4. The van der Waals surface area contributed by atoms with Gasteiger partial charge in [0, 0.05) is 34.9 Å². The number of hydrogen-bond acceptors (Lipinski definition) is 4. The second-order valence-electron chi connectivity index (χ2n) is 9.60. The molecule has 4 rings (SSSR count). The quantitative estimate of drug-likeness (QED) is 0.363. The van der Waals surface area contributed by atoms with Crippen LogP contribution in [0.3, 0.4) is 0 Å². The number of para-hydroxylation sites is 1. The zero-order valence-electron chi connectivity index (χ0n) is 21.6. The van der Waals surface area contributed by atoms with Gasteiger partial charge in [-0.25, -0.2) is 0 Å². The molecule has 2 unspecified atom stereocenters. The summed E-state index contributed by atoms with van der Waals surface area (Å²) in [7, 11) is 0. The summed E-state index contributed by atoms with van der Waals surface area (Å²) >= 11 is 6.08. The lowest BCUT2D eigenvalue weighted by Crippen LogP contribution is -2.47. The molecule has 1 aliphatic heterocycles. The average Bonchev–Trinajstić information content (AvgIpc) is 2.89. The number of carboxylic acid groups (broad SMARTS) is 1. The van der Waals surface area contributed by atoms with Gasteiger partial charge in [-0.05, 0) is 79.9 Å². The third-order valence-corrected chi connectivity index (χ3v) is 7.13. The van der Waals surface area contributed by atoms with Crippen LogP contribution in [0.1, 0.15) is 55.6 Å². The van der Waals surface area contributed by atoms with Crippen molar-refractivity contribution < 1.29 is 24.2 Å². The normalized spacial score (nSPS) is 17.3. The van der Waals surface area contributed by atoms with Crippen molar-refractivity contribution in [2.24, 2.45) is 5.92 Å². The third kappa shape index (κ3) is 5.83. The number of benzene rings is 3. The van der Waals surface area contributed by atoms with E-state index < -0.39 is 11.9 Å². The molecule has 0 spiro atoms. The van der Waals surface area contributed by atoms with Crippen molar-refractivity contribution in [2.75, 3.05) is 16.4 Å². The van der Waals surface area contributed by atoms with Gasteiger partial charge in [0.05, 0.1) is 18.6 Å². The Labute approximate surface area is 227 Å². The standard InChI is InChI=1S/C30H31ClN2O5/c1-19(30(36)37)16-17-38-25-14-8-22(9-15-25)29(35)32-20(2)18-28(26-6-4-5-7-27(26)32)33(21(3)34)24-12-10-23(31)11-13-24/h4-15,19-20,28H,16-18H2,1-3H3,(H,36,37)/t19-,20?,28?/m0/s1. The number of fused-ring (bicyclic) bond motifs is 1. The Bertz CT molecular complexity index is 1310. The van der Waals surface area contributed by atoms with Crippen LogP contribution in [0.2, 0.25) is 5.02 Å². The molecule has 3 aromatic rings. The van der Waals surface area contributed by atoms with Crippen LogP contribution in [0.5, 0.6) is 5.75 Å². The van der Waals surface area contributed by atoms with Gasteiger partial charge in [0.1, 0.15) is 5.75 Å². The maximum absolute atomic E-state index is 13.7. The number of aliphatic carboxylic acids is 1. The Balaban J connectivity index is 1.57. The molecular weight excluding hydrogens is 504 g/mol. The van der Waals surface area contributed by atoms with Gasteiger partial charge in [0.15, 0.2) is 0 Å². The summed E-state index contributed by atoms with van der Waals surface area (Å²) in [5, 5.41) is 9.61. The molecule has 198 valence electrons. The van der Waals surface area contributed by atoms with E-state index >= 15 is 0 Å². The first-order chi connectivity index (χ1) is 18.2. The lowest BCUT2D eigenvalue weighted by Gasteiger charge is -2.43. The van der Waals surface area contributed by atoms with Crippen molar-refractivity contribution in [3.8, 4) is 5.75 Å². The smallest absolute Gasteiger partial charge is 0.306 e. The highest BCUT2D eigenvalue weighted by atomic mass is 35.5. The Morgan fingerprint density at radius 2 is 1.71 bits per heavy atom. The van der Waals surface area contributed by atoms with E-state index in [9.17, 15) is 14.4 Å². The summed E-state index contributed by atoms with van der Waals surface area (Å²) in [5.74, 6) is -1.000. The van der Waals surface area contributed by atoms with Gasteiger partial charge >= 0.3 is 5.97 Å². The van der Waals surface area contributed by atoms with E-state index in [1.807, 2.05) is 43.3 Å². The maximum Gasteiger partial charge on any atom is 0.306 e. The molecule has 0 fully saturated rings. The molecule has 3 atom stereocenters. The molecule has 1 N–H and O–H groups in total. The molecule has 0 aromatic heterocycles. The number of halogens is 1. The summed E-state index contributed by atoms with van der Waals surface area (Å²) in [4.78, 5) is 41.1. The largest absolute Gasteiger partial charge is 0.494 e. The fourth-order valence-corrected chi connectivity index (χ4v) is 4.95. The molecule has 8 heteroatoms. The van der Waals surface area contributed by atoms with Crippen molar-refractivity contribution in [3.63, 3.8) is 0 Å². The fourth-order valence-electron chi connectivity index (χ4n) is 4.83.